The molecular formula is C12H17Cl2N3O2. The third-order valence-electron chi connectivity index (χ3n) is 2.46. The fraction of sp³-hybridized carbons (Fsp3) is 0.417. The maximum atomic E-state index is 11.8. The van der Waals surface area contributed by atoms with E-state index < -0.39 is 6.04 Å². The van der Waals surface area contributed by atoms with E-state index in [1.807, 2.05) is 0 Å². The summed E-state index contributed by atoms with van der Waals surface area (Å²) in [6, 6.07) is 2.69. The van der Waals surface area contributed by atoms with Crippen molar-refractivity contribution in [2.24, 2.45) is 0 Å². The number of ether oxygens (including phenoxy) is 1. The van der Waals surface area contributed by atoms with Gasteiger partial charge in [-0.3, -0.25) is 4.79 Å². The zero-order valence-electron chi connectivity index (χ0n) is 10.8. The van der Waals surface area contributed by atoms with Crippen molar-refractivity contribution in [2.75, 3.05) is 31.3 Å². The van der Waals surface area contributed by atoms with Crippen molar-refractivity contribution < 1.29 is 9.53 Å². The van der Waals surface area contributed by atoms with Gasteiger partial charge < -0.3 is 21.1 Å². The summed E-state index contributed by atoms with van der Waals surface area (Å²) in [6.45, 7) is 2.65. The van der Waals surface area contributed by atoms with Crippen LogP contribution in [0.1, 0.15) is 6.92 Å². The van der Waals surface area contributed by atoms with Gasteiger partial charge in [-0.1, -0.05) is 23.2 Å². The fourth-order valence-corrected chi connectivity index (χ4v) is 1.75. The van der Waals surface area contributed by atoms with Crippen molar-refractivity contribution >= 4 is 40.5 Å². The van der Waals surface area contributed by atoms with E-state index in [-0.39, 0.29) is 5.91 Å². The maximum absolute atomic E-state index is 11.8. The molecule has 0 aliphatic heterocycles. The normalized spacial score (nSPS) is 12.0. The number of hydrogen-bond donors (Lipinski definition) is 3. The molecule has 0 radical (unpaired) electrons. The molecule has 19 heavy (non-hydrogen) atoms. The minimum Gasteiger partial charge on any atom is -0.397 e. The summed E-state index contributed by atoms with van der Waals surface area (Å²) in [5.74, 6) is -0.150. The number of amides is 1. The summed E-state index contributed by atoms with van der Waals surface area (Å²) < 4.78 is 4.85. The third kappa shape index (κ3) is 4.78. The first kappa shape index (κ1) is 15.9. The first-order valence-electron chi connectivity index (χ1n) is 5.73. The Bertz CT molecular complexity index is 455. The summed E-state index contributed by atoms with van der Waals surface area (Å²) in [4.78, 5) is 11.8. The minimum absolute atomic E-state index is 0.150. The number of hydrogen-bond acceptors (Lipinski definition) is 4. The number of methoxy groups -OCH3 is 1. The van der Waals surface area contributed by atoms with Crippen LogP contribution in [0.2, 0.25) is 10.0 Å². The highest BCUT2D eigenvalue weighted by molar-refractivity contribution is 6.42. The Morgan fingerprint density at radius 3 is 2.68 bits per heavy atom. The molecule has 0 aliphatic carbocycles. The molecule has 0 aliphatic rings. The first-order chi connectivity index (χ1) is 8.95. The minimum atomic E-state index is -0.448. The summed E-state index contributed by atoms with van der Waals surface area (Å²) in [6.07, 6.45) is 0. The second-order valence-corrected chi connectivity index (χ2v) is 4.82. The molecule has 0 aromatic heterocycles. The van der Waals surface area contributed by atoms with Gasteiger partial charge in [0, 0.05) is 13.7 Å². The molecule has 1 atom stereocenters. The van der Waals surface area contributed by atoms with Gasteiger partial charge in [0.15, 0.2) is 0 Å². The molecule has 7 heteroatoms. The number of nitrogens with one attached hydrogen (secondary N) is 2. The van der Waals surface area contributed by atoms with Crippen molar-refractivity contribution in [3.05, 3.63) is 22.2 Å². The molecule has 1 aromatic carbocycles. The lowest BCUT2D eigenvalue weighted by Gasteiger charge is -2.17. The smallest absolute Gasteiger partial charge is 0.242 e. The molecule has 1 aromatic rings. The average molecular weight is 306 g/mol. The molecule has 1 unspecified atom stereocenters. The van der Waals surface area contributed by atoms with Gasteiger partial charge in [0.2, 0.25) is 5.91 Å². The molecule has 0 bridgehead atoms. The summed E-state index contributed by atoms with van der Waals surface area (Å²) in [5, 5.41) is 6.46. The third-order valence-corrected chi connectivity index (χ3v) is 3.19. The number of nitrogens with two attached hydrogens (primary N) is 1. The highest BCUT2D eigenvalue weighted by atomic mass is 35.5. The second kappa shape index (κ2) is 7.43. The van der Waals surface area contributed by atoms with Crippen LogP contribution in [0, 0.1) is 0 Å². The predicted molar refractivity (Wildman–Crippen MR) is 78.8 cm³/mol. The molecule has 1 rings (SSSR count). The Morgan fingerprint density at radius 2 is 2.05 bits per heavy atom. The number of halogens is 2. The topological polar surface area (TPSA) is 76.4 Å². The van der Waals surface area contributed by atoms with Gasteiger partial charge in [-0.2, -0.15) is 0 Å². The zero-order chi connectivity index (χ0) is 14.4. The lowest BCUT2D eigenvalue weighted by molar-refractivity contribution is -0.121. The van der Waals surface area contributed by atoms with Crippen molar-refractivity contribution in [3.8, 4) is 0 Å². The van der Waals surface area contributed by atoms with Crippen LogP contribution in [0.4, 0.5) is 11.4 Å². The Hall–Kier alpha value is -1.17. The van der Waals surface area contributed by atoms with Crippen molar-refractivity contribution in [1.29, 1.82) is 0 Å². The molecule has 0 saturated carbocycles. The quantitative estimate of drug-likeness (QED) is 0.556. The summed E-state index contributed by atoms with van der Waals surface area (Å²) >= 11 is 11.7. The van der Waals surface area contributed by atoms with Gasteiger partial charge >= 0.3 is 0 Å². The van der Waals surface area contributed by atoms with E-state index >= 15 is 0 Å². The van der Waals surface area contributed by atoms with Crippen molar-refractivity contribution in [2.45, 2.75) is 13.0 Å². The van der Waals surface area contributed by atoms with Crippen LogP contribution < -0.4 is 16.4 Å². The highest BCUT2D eigenvalue weighted by Gasteiger charge is 2.14. The van der Waals surface area contributed by atoms with E-state index in [2.05, 4.69) is 10.6 Å². The van der Waals surface area contributed by atoms with Crippen LogP contribution in [-0.4, -0.2) is 32.2 Å². The standard InChI is InChI=1S/C12H17Cl2N3O2/c1-7(12(18)16-3-4-19-2)17-11-6-9(14)8(13)5-10(11)15/h5-7,17H,3-4,15H2,1-2H3,(H,16,18). The predicted octanol–water partition coefficient (Wildman–Crippen LogP) is 2.14. The number of rotatable bonds is 6. The van der Waals surface area contributed by atoms with Crippen LogP contribution in [0.5, 0.6) is 0 Å². The largest absolute Gasteiger partial charge is 0.397 e. The number of nitrogen functional groups attached to an aromatic ring is 1. The van der Waals surface area contributed by atoms with E-state index in [0.717, 1.165) is 0 Å². The molecule has 5 nitrogen and oxygen atoms in total. The van der Waals surface area contributed by atoms with Gasteiger partial charge in [-0.25, -0.2) is 0 Å². The second-order valence-electron chi connectivity index (χ2n) is 4.00. The molecule has 0 saturated heterocycles. The van der Waals surface area contributed by atoms with Crippen LogP contribution >= 0.6 is 23.2 Å². The summed E-state index contributed by atoms with van der Waals surface area (Å²) in [7, 11) is 1.57. The lowest BCUT2D eigenvalue weighted by atomic mass is 10.2. The molecule has 0 fully saturated rings. The van der Waals surface area contributed by atoms with E-state index in [1.54, 1.807) is 26.2 Å². The van der Waals surface area contributed by atoms with E-state index in [9.17, 15) is 4.79 Å². The molecule has 0 heterocycles. The number of anilines is 2. The number of carbonyl (C=O) groups excluding carboxylic acids is 1. The first-order valence-corrected chi connectivity index (χ1v) is 6.49. The van der Waals surface area contributed by atoms with Gasteiger partial charge in [-0.05, 0) is 19.1 Å². The lowest BCUT2D eigenvalue weighted by Crippen LogP contribution is -2.39. The van der Waals surface area contributed by atoms with Crippen LogP contribution in [0.25, 0.3) is 0 Å². The highest BCUT2D eigenvalue weighted by Crippen LogP contribution is 2.30. The molecule has 4 N–H and O–H groups in total. The Morgan fingerprint density at radius 1 is 1.42 bits per heavy atom. The molecule has 1 amide bonds. The molecule has 106 valence electrons. The molecule has 0 spiro atoms. The van der Waals surface area contributed by atoms with E-state index in [0.29, 0.717) is 34.6 Å². The average Bonchev–Trinajstić information content (AvgIpc) is 2.36. The van der Waals surface area contributed by atoms with Crippen LogP contribution in [0.3, 0.4) is 0 Å². The summed E-state index contributed by atoms with van der Waals surface area (Å²) in [5.41, 5.74) is 6.81. The Balaban J connectivity index is 2.63. The zero-order valence-corrected chi connectivity index (χ0v) is 12.3. The van der Waals surface area contributed by atoms with Crippen molar-refractivity contribution in [1.82, 2.24) is 5.32 Å². The number of benzene rings is 1. The number of carbonyl (C=O) groups is 1. The van der Waals surface area contributed by atoms with E-state index in [1.165, 1.54) is 0 Å². The van der Waals surface area contributed by atoms with Gasteiger partial charge in [0.25, 0.3) is 0 Å². The Labute approximate surface area is 122 Å². The fourth-order valence-electron chi connectivity index (χ4n) is 1.42. The van der Waals surface area contributed by atoms with E-state index in [4.69, 9.17) is 33.7 Å². The maximum Gasteiger partial charge on any atom is 0.242 e. The van der Waals surface area contributed by atoms with Crippen molar-refractivity contribution in [3.63, 3.8) is 0 Å². The Kier molecular flexibility index (Phi) is 6.21. The van der Waals surface area contributed by atoms with Gasteiger partial charge in [0.05, 0.1) is 28.0 Å². The monoisotopic (exact) mass is 305 g/mol. The molecular weight excluding hydrogens is 289 g/mol. The SMILES string of the molecule is COCCNC(=O)C(C)Nc1cc(Cl)c(Cl)cc1N. The van der Waals surface area contributed by atoms with Crippen LogP contribution in [0.15, 0.2) is 12.1 Å². The van der Waals surface area contributed by atoms with Gasteiger partial charge in [-0.15, -0.1) is 0 Å². The van der Waals surface area contributed by atoms with Gasteiger partial charge in [0.1, 0.15) is 6.04 Å². The van der Waals surface area contributed by atoms with Crippen LogP contribution in [-0.2, 0) is 9.53 Å².